The van der Waals surface area contributed by atoms with Gasteiger partial charge in [0.05, 0.1) is 23.3 Å². The Morgan fingerprint density at radius 2 is 1.74 bits per heavy atom. The maximum absolute atomic E-state index is 12.2. The summed E-state index contributed by atoms with van der Waals surface area (Å²) in [4.78, 5) is 4.35. The van der Waals surface area contributed by atoms with Gasteiger partial charge in [-0.3, -0.25) is 4.99 Å². The molecule has 0 unspecified atom stereocenters. The molecule has 0 aromatic heterocycles. The van der Waals surface area contributed by atoms with Crippen molar-refractivity contribution in [2.45, 2.75) is 24.8 Å². The van der Waals surface area contributed by atoms with Gasteiger partial charge in [-0.1, -0.05) is 15.9 Å². The maximum Gasteiger partial charge on any atom is 0.193 e. The number of ether oxygens (including phenoxy) is 1. The molecule has 3 N–H and O–H groups in total. The molecular formula is C18H23BrIN3O3S. The Kier molecular flexibility index (Phi) is 9.54. The van der Waals surface area contributed by atoms with Crippen molar-refractivity contribution >= 4 is 61.4 Å². The van der Waals surface area contributed by atoms with E-state index in [0.29, 0.717) is 0 Å². The third-order valence-electron chi connectivity index (χ3n) is 3.31. The van der Waals surface area contributed by atoms with Crippen LogP contribution in [0.1, 0.15) is 13.8 Å². The highest BCUT2D eigenvalue weighted by molar-refractivity contribution is 14.0. The van der Waals surface area contributed by atoms with Crippen LogP contribution in [0.3, 0.4) is 0 Å². The van der Waals surface area contributed by atoms with Crippen molar-refractivity contribution in [2.75, 3.05) is 17.6 Å². The molecule has 0 aliphatic rings. The highest BCUT2D eigenvalue weighted by Crippen LogP contribution is 2.17. The van der Waals surface area contributed by atoms with Gasteiger partial charge in [-0.05, 0) is 62.4 Å². The van der Waals surface area contributed by atoms with Crippen molar-refractivity contribution in [3.63, 3.8) is 0 Å². The minimum Gasteiger partial charge on any atom is -0.491 e. The predicted molar refractivity (Wildman–Crippen MR) is 124 cm³/mol. The Balaban J connectivity index is 0.00000364. The van der Waals surface area contributed by atoms with Gasteiger partial charge in [0.15, 0.2) is 15.8 Å². The first-order valence-electron chi connectivity index (χ1n) is 8.08. The number of hydrogen-bond acceptors (Lipinski definition) is 4. The van der Waals surface area contributed by atoms with Crippen LogP contribution in [0.5, 0.6) is 5.75 Å². The van der Waals surface area contributed by atoms with Gasteiger partial charge in [-0.2, -0.15) is 0 Å². The smallest absolute Gasteiger partial charge is 0.193 e. The fourth-order valence-electron chi connectivity index (χ4n) is 2.12. The average Bonchev–Trinajstić information content (AvgIpc) is 2.56. The number of aliphatic imine (C=N–C) groups is 1. The Hall–Kier alpha value is -1.33. The Labute approximate surface area is 185 Å². The van der Waals surface area contributed by atoms with Crippen LogP contribution in [0.2, 0.25) is 0 Å². The van der Waals surface area contributed by atoms with Gasteiger partial charge in [0.2, 0.25) is 0 Å². The molecule has 6 nitrogen and oxygen atoms in total. The van der Waals surface area contributed by atoms with E-state index in [-0.39, 0.29) is 53.2 Å². The number of nitrogens with two attached hydrogens (primary N) is 1. The van der Waals surface area contributed by atoms with E-state index in [4.69, 9.17) is 10.5 Å². The molecule has 0 radical (unpaired) electrons. The van der Waals surface area contributed by atoms with E-state index in [1.807, 2.05) is 38.1 Å². The van der Waals surface area contributed by atoms with Crippen molar-refractivity contribution < 1.29 is 13.2 Å². The van der Waals surface area contributed by atoms with Crippen LogP contribution >= 0.6 is 39.9 Å². The number of guanidine groups is 1. The van der Waals surface area contributed by atoms with Crippen molar-refractivity contribution in [3.8, 4) is 5.75 Å². The number of sulfone groups is 1. The Morgan fingerprint density at radius 3 is 2.30 bits per heavy atom. The summed E-state index contributed by atoms with van der Waals surface area (Å²) in [7, 11) is -3.39. The van der Waals surface area contributed by atoms with Crippen LogP contribution < -0.4 is 15.8 Å². The standard InChI is InChI=1S/C18H22BrN3O3S.HI/c1-13(2)25-16-7-5-15(6-8-16)22-18(20)21-11-12-26(23,24)17-9-3-14(19)4-10-17;/h3-10,13H,11-12H2,1-2H3,(H3,20,21,22);1H. The molecule has 2 aromatic carbocycles. The van der Waals surface area contributed by atoms with E-state index in [1.165, 1.54) is 0 Å². The molecule has 148 valence electrons. The van der Waals surface area contributed by atoms with E-state index in [9.17, 15) is 8.42 Å². The fourth-order valence-corrected chi connectivity index (χ4v) is 3.50. The van der Waals surface area contributed by atoms with Crippen LogP contribution in [-0.2, 0) is 9.84 Å². The molecule has 0 saturated heterocycles. The second-order valence-electron chi connectivity index (χ2n) is 5.86. The van der Waals surface area contributed by atoms with Gasteiger partial charge >= 0.3 is 0 Å². The summed E-state index contributed by atoms with van der Waals surface area (Å²) in [6.45, 7) is 3.99. The average molecular weight is 568 g/mol. The minimum absolute atomic E-state index is 0. The molecule has 0 fully saturated rings. The quantitative estimate of drug-likeness (QED) is 0.299. The van der Waals surface area contributed by atoms with Crippen LogP contribution in [0.25, 0.3) is 0 Å². The van der Waals surface area contributed by atoms with Crippen molar-refractivity contribution in [3.05, 3.63) is 53.0 Å². The summed E-state index contributed by atoms with van der Waals surface area (Å²) >= 11 is 3.28. The zero-order valence-electron chi connectivity index (χ0n) is 15.1. The molecule has 0 saturated carbocycles. The van der Waals surface area contributed by atoms with E-state index in [2.05, 4.69) is 26.2 Å². The first-order valence-corrected chi connectivity index (χ1v) is 10.5. The van der Waals surface area contributed by atoms with Crippen molar-refractivity contribution in [2.24, 2.45) is 10.7 Å². The highest BCUT2D eigenvalue weighted by atomic mass is 127. The number of rotatable bonds is 7. The molecule has 2 rings (SSSR count). The number of nitrogens with zero attached hydrogens (tertiary/aromatic N) is 1. The first kappa shape index (κ1) is 23.7. The van der Waals surface area contributed by atoms with Crippen molar-refractivity contribution in [1.82, 2.24) is 0 Å². The van der Waals surface area contributed by atoms with E-state index in [0.717, 1.165) is 15.9 Å². The second-order valence-corrected chi connectivity index (χ2v) is 8.88. The van der Waals surface area contributed by atoms with Gasteiger partial charge in [-0.25, -0.2) is 8.42 Å². The van der Waals surface area contributed by atoms with Crippen LogP contribution in [0.15, 0.2) is 62.9 Å². The Morgan fingerprint density at radius 1 is 1.15 bits per heavy atom. The lowest BCUT2D eigenvalue weighted by molar-refractivity contribution is 0.242. The highest BCUT2D eigenvalue weighted by Gasteiger charge is 2.13. The molecule has 0 spiro atoms. The van der Waals surface area contributed by atoms with Crippen LogP contribution in [0.4, 0.5) is 5.69 Å². The normalized spacial score (nSPS) is 11.8. The van der Waals surface area contributed by atoms with Gasteiger partial charge in [0.25, 0.3) is 0 Å². The zero-order valence-corrected chi connectivity index (χ0v) is 19.8. The SMILES string of the molecule is CC(C)Oc1ccc(NC(N)=NCCS(=O)(=O)c2ccc(Br)cc2)cc1.I. The lowest BCUT2D eigenvalue weighted by Crippen LogP contribution is -2.24. The zero-order chi connectivity index (χ0) is 19.2. The number of hydrogen-bond donors (Lipinski definition) is 2. The summed E-state index contributed by atoms with van der Waals surface area (Å²) < 4.78 is 30.9. The van der Waals surface area contributed by atoms with Gasteiger partial charge in [0.1, 0.15) is 5.75 Å². The topological polar surface area (TPSA) is 93.8 Å². The lowest BCUT2D eigenvalue weighted by atomic mass is 10.3. The molecule has 0 heterocycles. The van der Waals surface area contributed by atoms with E-state index >= 15 is 0 Å². The van der Waals surface area contributed by atoms with Crippen LogP contribution in [-0.4, -0.2) is 32.8 Å². The molecule has 0 aliphatic carbocycles. The van der Waals surface area contributed by atoms with Gasteiger partial charge < -0.3 is 15.8 Å². The molecule has 9 heteroatoms. The summed E-state index contributed by atoms with van der Waals surface area (Å²) in [6.07, 6.45) is 0.105. The molecule has 0 atom stereocenters. The molecule has 27 heavy (non-hydrogen) atoms. The third kappa shape index (κ3) is 8.06. The predicted octanol–water partition coefficient (Wildman–Crippen LogP) is 4.05. The Bertz CT molecular complexity index is 854. The lowest BCUT2D eigenvalue weighted by Gasteiger charge is -2.11. The number of nitrogens with one attached hydrogen (secondary N) is 1. The monoisotopic (exact) mass is 567 g/mol. The molecule has 0 aliphatic heterocycles. The summed E-state index contributed by atoms with van der Waals surface area (Å²) in [5.74, 6) is 0.813. The number of anilines is 1. The second kappa shape index (κ2) is 10.9. The molecular weight excluding hydrogens is 545 g/mol. The van der Waals surface area contributed by atoms with E-state index in [1.54, 1.807) is 24.3 Å². The maximum atomic E-state index is 12.2. The molecule has 0 amide bonds. The molecule has 2 aromatic rings. The number of halogens is 2. The van der Waals surface area contributed by atoms with Gasteiger partial charge in [-0.15, -0.1) is 24.0 Å². The van der Waals surface area contributed by atoms with E-state index < -0.39 is 9.84 Å². The minimum atomic E-state index is -3.39. The first-order chi connectivity index (χ1) is 12.3. The largest absolute Gasteiger partial charge is 0.491 e. The van der Waals surface area contributed by atoms with Crippen LogP contribution in [0, 0.1) is 0 Å². The van der Waals surface area contributed by atoms with Gasteiger partial charge in [0, 0.05) is 10.2 Å². The molecule has 0 bridgehead atoms. The summed E-state index contributed by atoms with van der Waals surface area (Å²) in [5.41, 5.74) is 6.57. The third-order valence-corrected chi connectivity index (χ3v) is 5.55. The number of benzene rings is 2. The fraction of sp³-hybridized carbons (Fsp3) is 0.278. The van der Waals surface area contributed by atoms with Crippen molar-refractivity contribution in [1.29, 1.82) is 0 Å². The summed E-state index contributed by atoms with van der Waals surface area (Å²) in [6, 6.07) is 13.8. The summed E-state index contributed by atoms with van der Waals surface area (Å²) in [5, 5.41) is 2.93.